The third-order valence-electron chi connectivity index (χ3n) is 3.42. The van der Waals surface area contributed by atoms with Crippen molar-refractivity contribution < 1.29 is 4.12 Å². The fourth-order valence-corrected chi connectivity index (χ4v) is 11.4. The quantitative estimate of drug-likeness (QED) is 0.516. The first-order valence-electron chi connectivity index (χ1n) is 7.68. The average molecular weight is 275 g/mol. The van der Waals surface area contributed by atoms with Gasteiger partial charge in [-0.1, -0.05) is 67.2 Å². The Kier molecular flexibility index (Phi) is 10.6. The molecule has 0 aromatic carbocycles. The van der Waals surface area contributed by atoms with Crippen LogP contribution in [0.5, 0.6) is 0 Å². The maximum Gasteiger partial charge on any atom is 0.168 e. The molecule has 0 atom stereocenters. The number of hydrogen-bond acceptors (Lipinski definition) is 1. The highest BCUT2D eigenvalue weighted by atomic mass is 28.4. The lowest BCUT2D eigenvalue weighted by Crippen LogP contribution is -2.33. The van der Waals surface area contributed by atoms with Gasteiger partial charge < -0.3 is 4.12 Å². The highest BCUT2D eigenvalue weighted by Crippen LogP contribution is 2.24. The van der Waals surface area contributed by atoms with Crippen LogP contribution in [0.3, 0.4) is 0 Å². The summed E-state index contributed by atoms with van der Waals surface area (Å²) in [7, 11) is -1.84. The molecule has 0 N–H and O–H groups in total. The molecule has 0 unspecified atom stereocenters. The Morgan fingerprint density at radius 3 is 1.53 bits per heavy atom. The topological polar surface area (TPSA) is 9.23 Å². The fourth-order valence-electron chi connectivity index (χ4n) is 2.45. The first kappa shape index (κ1) is 17.4. The van der Waals surface area contributed by atoms with Crippen LogP contribution in [0.15, 0.2) is 0 Å². The zero-order valence-electron chi connectivity index (χ0n) is 13.0. The summed E-state index contributed by atoms with van der Waals surface area (Å²) in [6, 6.07) is 2.83. The summed E-state index contributed by atoms with van der Waals surface area (Å²) in [5, 5.41) is 0. The van der Waals surface area contributed by atoms with Gasteiger partial charge in [0.15, 0.2) is 18.1 Å². The second kappa shape index (κ2) is 10.3. The van der Waals surface area contributed by atoms with Gasteiger partial charge in [0.05, 0.1) is 0 Å². The Balaban J connectivity index is 4.25. The van der Waals surface area contributed by atoms with Crippen LogP contribution in [0.4, 0.5) is 0 Å². The van der Waals surface area contributed by atoms with E-state index >= 15 is 0 Å². The van der Waals surface area contributed by atoms with Gasteiger partial charge in [0.1, 0.15) is 0 Å². The molecule has 0 spiro atoms. The molecule has 0 rings (SSSR count). The van der Waals surface area contributed by atoms with Gasteiger partial charge in [0, 0.05) is 0 Å². The van der Waals surface area contributed by atoms with E-state index in [9.17, 15) is 0 Å². The molecular weight excluding hydrogens is 240 g/mol. The van der Waals surface area contributed by atoms with E-state index in [-0.39, 0.29) is 0 Å². The summed E-state index contributed by atoms with van der Waals surface area (Å²) in [6.07, 6.45) is 5.43. The van der Waals surface area contributed by atoms with E-state index in [1.807, 2.05) is 0 Å². The van der Waals surface area contributed by atoms with Crippen LogP contribution < -0.4 is 0 Å². The van der Waals surface area contributed by atoms with E-state index < -0.39 is 18.1 Å². The molecule has 0 aromatic rings. The van der Waals surface area contributed by atoms with Crippen LogP contribution in [0, 0.1) is 0 Å². The molecule has 0 amide bonds. The van der Waals surface area contributed by atoms with Gasteiger partial charge >= 0.3 is 0 Å². The smallest absolute Gasteiger partial charge is 0.168 e. The maximum atomic E-state index is 6.66. The first-order chi connectivity index (χ1) is 8.02. The Hall–Kier alpha value is 0.394. The van der Waals surface area contributed by atoms with Crippen LogP contribution in [0.1, 0.15) is 67.2 Å². The molecule has 0 aromatic heterocycles. The minimum Gasteiger partial charge on any atom is -0.459 e. The Morgan fingerprint density at radius 1 is 0.824 bits per heavy atom. The SMILES string of the molecule is CCCC[SiH](CCCC)O[SiH](C(C)C)C(C)C. The van der Waals surface area contributed by atoms with Crippen molar-refractivity contribution in [3.63, 3.8) is 0 Å². The van der Waals surface area contributed by atoms with E-state index in [2.05, 4.69) is 41.5 Å². The van der Waals surface area contributed by atoms with E-state index in [0.29, 0.717) is 0 Å². The molecule has 0 saturated carbocycles. The number of rotatable bonds is 10. The lowest BCUT2D eigenvalue weighted by molar-refractivity contribution is 0.533. The third kappa shape index (κ3) is 8.17. The van der Waals surface area contributed by atoms with E-state index in [0.717, 1.165) is 11.1 Å². The maximum absolute atomic E-state index is 6.66. The van der Waals surface area contributed by atoms with Gasteiger partial charge in [0.25, 0.3) is 0 Å². The van der Waals surface area contributed by atoms with Crippen molar-refractivity contribution in [2.24, 2.45) is 0 Å². The highest BCUT2D eigenvalue weighted by Gasteiger charge is 2.24. The summed E-state index contributed by atoms with van der Waals surface area (Å²) in [6.45, 7) is 14.0. The predicted octanol–water partition coefficient (Wildman–Crippen LogP) is 4.87. The molecule has 0 aliphatic carbocycles. The second-order valence-electron chi connectivity index (χ2n) is 6.00. The van der Waals surface area contributed by atoms with E-state index in [1.54, 1.807) is 0 Å². The summed E-state index contributed by atoms with van der Waals surface area (Å²) < 4.78 is 6.66. The van der Waals surface area contributed by atoms with Crippen LogP contribution in [-0.4, -0.2) is 18.1 Å². The second-order valence-corrected chi connectivity index (χ2v) is 13.1. The fraction of sp³-hybridized carbons (Fsp3) is 1.00. The lowest BCUT2D eigenvalue weighted by Gasteiger charge is -2.29. The average Bonchev–Trinajstić information content (AvgIpc) is 2.27. The normalized spacial score (nSPS) is 12.4. The Morgan fingerprint density at radius 2 is 1.24 bits per heavy atom. The molecule has 0 heterocycles. The number of hydrogen-bond donors (Lipinski definition) is 0. The van der Waals surface area contributed by atoms with Crippen molar-refractivity contribution in [2.75, 3.05) is 0 Å². The minimum atomic E-state index is -0.962. The van der Waals surface area contributed by atoms with Crippen molar-refractivity contribution in [3.8, 4) is 0 Å². The molecule has 0 bridgehead atoms. The summed E-state index contributed by atoms with van der Waals surface area (Å²) in [5.41, 5.74) is 1.60. The summed E-state index contributed by atoms with van der Waals surface area (Å²) in [5.74, 6) is 0. The van der Waals surface area contributed by atoms with Gasteiger partial charge in [-0.3, -0.25) is 0 Å². The Labute approximate surface area is 113 Å². The zero-order valence-corrected chi connectivity index (χ0v) is 15.3. The van der Waals surface area contributed by atoms with Crippen molar-refractivity contribution >= 4 is 18.1 Å². The van der Waals surface area contributed by atoms with Crippen molar-refractivity contribution in [1.82, 2.24) is 0 Å². The van der Waals surface area contributed by atoms with Gasteiger partial charge in [-0.25, -0.2) is 0 Å². The van der Waals surface area contributed by atoms with Crippen molar-refractivity contribution in [2.45, 2.75) is 90.4 Å². The summed E-state index contributed by atoms with van der Waals surface area (Å²) in [4.78, 5) is 0. The highest BCUT2D eigenvalue weighted by molar-refractivity contribution is 6.67. The molecule has 3 heteroatoms. The molecule has 0 saturated heterocycles. The van der Waals surface area contributed by atoms with Gasteiger partial charge in [0.2, 0.25) is 0 Å². The molecule has 17 heavy (non-hydrogen) atoms. The standard InChI is InChI=1S/C14H34OSi2/c1-7-9-11-16(12-10-8-2)15-17(13(3)4)14(5)6/h13-14,16-17H,7-12H2,1-6H3. The number of unbranched alkanes of at least 4 members (excludes halogenated alkanes) is 2. The molecule has 0 aliphatic rings. The molecule has 0 aliphatic heterocycles. The minimum absolute atomic E-state index is 0.799. The lowest BCUT2D eigenvalue weighted by atomic mass is 10.4. The van der Waals surface area contributed by atoms with Crippen molar-refractivity contribution in [3.05, 3.63) is 0 Å². The summed E-state index contributed by atoms with van der Waals surface area (Å²) >= 11 is 0. The van der Waals surface area contributed by atoms with E-state index in [1.165, 1.54) is 37.8 Å². The predicted molar refractivity (Wildman–Crippen MR) is 85.0 cm³/mol. The monoisotopic (exact) mass is 274 g/mol. The van der Waals surface area contributed by atoms with Gasteiger partial charge in [-0.2, -0.15) is 0 Å². The molecule has 0 fully saturated rings. The molecular formula is C14H34OSi2. The van der Waals surface area contributed by atoms with Gasteiger partial charge in [-0.05, 0) is 23.2 Å². The third-order valence-corrected chi connectivity index (χ3v) is 11.0. The Bertz CT molecular complexity index is 156. The van der Waals surface area contributed by atoms with Crippen LogP contribution in [-0.2, 0) is 4.12 Å². The first-order valence-corrected chi connectivity index (χ1v) is 11.6. The largest absolute Gasteiger partial charge is 0.459 e. The van der Waals surface area contributed by atoms with Crippen molar-refractivity contribution in [1.29, 1.82) is 0 Å². The molecule has 104 valence electrons. The molecule has 0 radical (unpaired) electrons. The molecule has 1 nitrogen and oxygen atoms in total. The van der Waals surface area contributed by atoms with Gasteiger partial charge in [-0.15, -0.1) is 0 Å². The van der Waals surface area contributed by atoms with Crippen LogP contribution >= 0.6 is 0 Å². The zero-order chi connectivity index (χ0) is 13.3. The van der Waals surface area contributed by atoms with Crippen LogP contribution in [0.25, 0.3) is 0 Å². The van der Waals surface area contributed by atoms with E-state index in [4.69, 9.17) is 4.12 Å². The van der Waals surface area contributed by atoms with Crippen LogP contribution in [0.2, 0.25) is 23.2 Å².